The summed E-state index contributed by atoms with van der Waals surface area (Å²) in [6, 6.07) is 19.1. The van der Waals surface area contributed by atoms with Crippen LogP contribution in [0.1, 0.15) is 15.4 Å². The van der Waals surface area contributed by atoms with Gasteiger partial charge in [-0.05, 0) is 60.5 Å². The number of amides is 1. The van der Waals surface area contributed by atoms with Crippen LogP contribution in [0.15, 0.2) is 77.0 Å². The molecule has 0 atom stereocenters. The molecule has 4 aromatic rings. The molecule has 0 fully saturated rings. The maximum Gasteiger partial charge on any atom is 0.256 e. The fraction of sp³-hybridized carbons (Fsp3) is 0.120. The molecule has 1 aromatic heterocycles. The molecule has 0 unspecified atom stereocenters. The van der Waals surface area contributed by atoms with Gasteiger partial charge in [-0.2, -0.15) is 0 Å². The van der Waals surface area contributed by atoms with Gasteiger partial charge >= 0.3 is 0 Å². The lowest BCUT2D eigenvalue weighted by atomic mass is 9.99. The number of nitrogens with one attached hydrogen (secondary N) is 1. The summed E-state index contributed by atoms with van der Waals surface area (Å²) in [4.78, 5) is 17.8. The molecule has 0 aliphatic rings. The molecule has 3 aromatic carbocycles. The van der Waals surface area contributed by atoms with Gasteiger partial charge in [0.15, 0.2) is 9.84 Å². The Morgan fingerprint density at radius 2 is 1.64 bits per heavy atom. The van der Waals surface area contributed by atoms with Crippen LogP contribution in [0, 0.1) is 6.92 Å². The fourth-order valence-electron chi connectivity index (χ4n) is 3.38. The van der Waals surface area contributed by atoms with Crippen molar-refractivity contribution in [1.29, 1.82) is 0 Å². The van der Waals surface area contributed by atoms with E-state index in [-0.39, 0.29) is 10.8 Å². The molecule has 0 aliphatic carbocycles. The van der Waals surface area contributed by atoms with Crippen LogP contribution >= 0.6 is 11.3 Å². The molecule has 1 N–H and O–H groups in total. The van der Waals surface area contributed by atoms with Gasteiger partial charge in [0.1, 0.15) is 5.75 Å². The van der Waals surface area contributed by atoms with Crippen molar-refractivity contribution in [3.8, 4) is 28.1 Å². The molecule has 0 bridgehead atoms. The Kier molecular flexibility index (Phi) is 6.31. The van der Waals surface area contributed by atoms with Crippen molar-refractivity contribution < 1.29 is 17.9 Å². The van der Waals surface area contributed by atoms with E-state index >= 15 is 0 Å². The van der Waals surface area contributed by atoms with E-state index in [1.54, 1.807) is 42.7 Å². The standard InChI is InChI=1S/C25H22N2O4S2/c1-16-26-24(15-32-16)18-4-8-19(9-5-18)27-25(28)22-13-12-21(33(3,29)30)14-23(22)17-6-10-20(31-2)11-7-17/h4-15H,1-3H3,(H,27,28). The number of hydrogen-bond acceptors (Lipinski definition) is 6. The number of hydrogen-bond donors (Lipinski definition) is 1. The number of carbonyl (C=O) groups excluding carboxylic acids is 1. The highest BCUT2D eigenvalue weighted by molar-refractivity contribution is 7.90. The molecule has 0 radical (unpaired) electrons. The number of nitrogens with zero attached hydrogens (tertiary/aromatic N) is 1. The number of benzene rings is 3. The van der Waals surface area contributed by atoms with Crippen LogP contribution in [0.25, 0.3) is 22.4 Å². The normalized spacial score (nSPS) is 11.2. The molecule has 1 heterocycles. The van der Waals surface area contributed by atoms with Crippen LogP contribution in [-0.4, -0.2) is 32.7 Å². The van der Waals surface area contributed by atoms with Crippen molar-refractivity contribution in [1.82, 2.24) is 4.98 Å². The predicted octanol–water partition coefficient (Wildman–Crippen LogP) is 5.45. The lowest BCUT2D eigenvalue weighted by Gasteiger charge is -2.13. The van der Waals surface area contributed by atoms with Crippen LogP contribution < -0.4 is 10.1 Å². The van der Waals surface area contributed by atoms with E-state index in [4.69, 9.17) is 4.74 Å². The molecule has 33 heavy (non-hydrogen) atoms. The third-order valence-electron chi connectivity index (χ3n) is 5.12. The van der Waals surface area contributed by atoms with E-state index < -0.39 is 9.84 Å². The number of aryl methyl sites for hydroxylation is 1. The van der Waals surface area contributed by atoms with Gasteiger partial charge in [-0.1, -0.05) is 24.3 Å². The van der Waals surface area contributed by atoms with E-state index in [9.17, 15) is 13.2 Å². The summed E-state index contributed by atoms with van der Waals surface area (Å²) in [6.45, 7) is 1.96. The summed E-state index contributed by atoms with van der Waals surface area (Å²) >= 11 is 1.58. The van der Waals surface area contributed by atoms with Gasteiger partial charge < -0.3 is 10.1 Å². The Morgan fingerprint density at radius 1 is 0.970 bits per heavy atom. The second-order valence-corrected chi connectivity index (χ2v) is 10.6. The first-order valence-electron chi connectivity index (χ1n) is 10.1. The topological polar surface area (TPSA) is 85.4 Å². The molecule has 0 spiro atoms. The highest BCUT2D eigenvalue weighted by atomic mass is 32.2. The average Bonchev–Trinajstić information content (AvgIpc) is 3.25. The molecular weight excluding hydrogens is 456 g/mol. The zero-order valence-electron chi connectivity index (χ0n) is 18.3. The molecule has 1 amide bonds. The van der Waals surface area contributed by atoms with E-state index in [1.807, 2.05) is 36.6 Å². The van der Waals surface area contributed by atoms with Crippen LogP contribution in [0.5, 0.6) is 5.75 Å². The van der Waals surface area contributed by atoms with Gasteiger partial charge in [-0.25, -0.2) is 13.4 Å². The molecule has 6 nitrogen and oxygen atoms in total. The molecule has 4 rings (SSSR count). The molecular formula is C25H22N2O4S2. The van der Waals surface area contributed by atoms with Gasteiger partial charge in [0.25, 0.3) is 5.91 Å². The maximum atomic E-state index is 13.2. The molecule has 0 saturated carbocycles. The van der Waals surface area contributed by atoms with Crippen molar-refractivity contribution in [2.45, 2.75) is 11.8 Å². The number of rotatable bonds is 6. The summed E-state index contributed by atoms with van der Waals surface area (Å²) < 4.78 is 29.4. The Bertz CT molecular complexity index is 1410. The predicted molar refractivity (Wildman–Crippen MR) is 132 cm³/mol. The van der Waals surface area contributed by atoms with Gasteiger partial charge in [0, 0.05) is 28.5 Å². The minimum atomic E-state index is -3.44. The minimum absolute atomic E-state index is 0.146. The van der Waals surface area contributed by atoms with Crippen LogP contribution in [0.4, 0.5) is 5.69 Å². The Hall–Kier alpha value is -3.49. The zero-order valence-corrected chi connectivity index (χ0v) is 20.0. The number of sulfone groups is 1. The second-order valence-electron chi connectivity index (χ2n) is 7.49. The number of anilines is 1. The molecule has 8 heteroatoms. The smallest absolute Gasteiger partial charge is 0.256 e. The van der Waals surface area contributed by atoms with E-state index in [2.05, 4.69) is 10.3 Å². The first kappa shape index (κ1) is 22.7. The molecule has 168 valence electrons. The number of carbonyl (C=O) groups is 1. The van der Waals surface area contributed by atoms with Gasteiger partial charge in [0.05, 0.1) is 22.7 Å². The monoisotopic (exact) mass is 478 g/mol. The Labute approximate surface area is 196 Å². The van der Waals surface area contributed by atoms with Crippen molar-refractivity contribution in [2.24, 2.45) is 0 Å². The van der Waals surface area contributed by atoms with E-state index in [0.29, 0.717) is 28.1 Å². The van der Waals surface area contributed by atoms with Gasteiger partial charge in [0.2, 0.25) is 0 Å². The van der Waals surface area contributed by atoms with Gasteiger partial charge in [-0.3, -0.25) is 4.79 Å². The Balaban J connectivity index is 1.66. The second kappa shape index (κ2) is 9.17. The van der Waals surface area contributed by atoms with Crippen LogP contribution in [0.2, 0.25) is 0 Å². The number of aromatic nitrogens is 1. The fourth-order valence-corrected chi connectivity index (χ4v) is 4.65. The maximum absolute atomic E-state index is 13.2. The van der Waals surface area contributed by atoms with Crippen molar-refractivity contribution in [2.75, 3.05) is 18.7 Å². The first-order chi connectivity index (χ1) is 15.7. The quantitative estimate of drug-likeness (QED) is 0.398. The number of methoxy groups -OCH3 is 1. The molecule has 0 saturated heterocycles. The minimum Gasteiger partial charge on any atom is -0.497 e. The van der Waals surface area contributed by atoms with Gasteiger partial charge in [-0.15, -0.1) is 11.3 Å². The van der Waals surface area contributed by atoms with E-state index in [1.165, 1.54) is 18.2 Å². The first-order valence-corrected chi connectivity index (χ1v) is 12.8. The number of ether oxygens (including phenoxy) is 1. The summed E-state index contributed by atoms with van der Waals surface area (Å²) in [7, 11) is -1.87. The molecule has 0 aliphatic heterocycles. The average molecular weight is 479 g/mol. The highest BCUT2D eigenvalue weighted by Crippen LogP contribution is 2.30. The lowest BCUT2D eigenvalue weighted by molar-refractivity contribution is 0.102. The van der Waals surface area contributed by atoms with E-state index in [0.717, 1.165) is 22.5 Å². The van der Waals surface area contributed by atoms with Crippen LogP contribution in [-0.2, 0) is 9.84 Å². The third-order valence-corrected chi connectivity index (χ3v) is 7.01. The SMILES string of the molecule is COc1ccc(-c2cc(S(C)(=O)=O)ccc2C(=O)Nc2ccc(-c3csc(C)n3)cc2)cc1. The van der Waals surface area contributed by atoms with Crippen molar-refractivity contribution in [3.05, 3.63) is 82.7 Å². The largest absolute Gasteiger partial charge is 0.497 e. The van der Waals surface area contributed by atoms with Crippen molar-refractivity contribution >= 4 is 32.8 Å². The van der Waals surface area contributed by atoms with Crippen LogP contribution in [0.3, 0.4) is 0 Å². The zero-order chi connectivity index (χ0) is 23.6. The summed E-state index contributed by atoms with van der Waals surface area (Å²) in [5.74, 6) is 0.331. The summed E-state index contributed by atoms with van der Waals surface area (Å²) in [6.07, 6.45) is 1.14. The number of thiazole rings is 1. The Morgan fingerprint density at radius 3 is 2.21 bits per heavy atom. The van der Waals surface area contributed by atoms with Crippen molar-refractivity contribution in [3.63, 3.8) is 0 Å². The highest BCUT2D eigenvalue weighted by Gasteiger charge is 2.17. The summed E-state index contributed by atoms with van der Waals surface area (Å²) in [5, 5.41) is 5.89. The summed E-state index contributed by atoms with van der Waals surface area (Å²) in [5.41, 5.74) is 4.09. The third kappa shape index (κ3) is 5.13. The lowest BCUT2D eigenvalue weighted by Crippen LogP contribution is -2.14.